The molecule has 0 fully saturated rings. The van der Waals surface area contributed by atoms with E-state index >= 15 is 0 Å². The Morgan fingerprint density at radius 2 is 2.16 bits per heavy atom. The molecule has 0 radical (unpaired) electrons. The van der Waals surface area contributed by atoms with Crippen molar-refractivity contribution in [3.05, 3.63) is 29.0 Å². The zero-order valence-corrected chi connectivity index (χ0v) is 13.5. The summed E-state index contributed by atoms with van der Waals surface area (Å²) in [6.07, 6.45) is 0.843. The average molecular weight is 327 g/mol. The molecule has 108 valence electrons. The Kier molecular flexibility index (Phi) is 6.67. The molecule has 0 saturated heterocycles. The highest BCUT2D eigenvalue weighted by molar-refractivity contribution is 8.55. The van der Waals surface area contributed by atoms with Crippen LogP contribution in [0, 0.1) is 5.82 Å². The second kappa shape index (κ2) is 7.53. The van der Waals surface area contributed by atoms with E-state index in [4.69, 9.17) is 20.6 Å². The van der Waals surface area contributed by atoms with Crippen LogP contribution < -0.4 is 4.52 Å². The number of hydrogen-bond donors (Lipinski definition) is 0. The third kappa shape index (κ3) is 5.35. The van der Waals surface area contributed by atoms with Gasteiger partial charge in [0.15, 0.2) is 0 Å². The van der Waals surface area contributed by atoms with E-state index in [1.54, 1.807) is 6.92 Å². The lowest BCUT2D eigenvalue weighted by Gasteiger charge is -2.20. The highest BCUT2D eigenvalue weighted by Crippen LogP contribution is 2.62. The predicted molar refractivity (Wildman–Crippen MR) is 78.6 cm³/mol. The summed E-state index contributed by atoms with van der Waals surface area (Å²) in [5.74, 6) is -0.311. The van der Waals surface area contributed by atoms with Crippen LogP contribution in [0.3, 0.4) is 0 Å². The quantitative estimate of drug-likeness (QED) is 0.617. The molecule has 2 unspecified atom stereocenters. The normalized spacial score (nSPS) is 15.8. The van der Waals surface area contributed by atoms with Crippen LogP contribution in [0.5, 0.6) is 5.75 Å². The standard InChI is InChI=1S/C12H17ClFO3PS/c1-4-9(3)19-18(15,16-5-2)17-10-6-7-12(14)11(13)8-10/h6-9H,4-5H2,1-3H3. The lowest BCUT2D eigenvalue weighted by molar-refractivity contribution is 0.296. The van der Waals surface area contributed by atoms with Crippen LogP contribution in [0.4, 0.5) is 4.39 Å². The molecular formula is C12H17ClFO3PS. The molecule has 0 heterocycles. The third-order valence-corrected chi connectivity index (χ3v) is 6.92. The smallest absolute Gasteiger partial charge is 0.417 e. The fourth-order valence-electron chi connectivity index (χ4n) is 1.19. The minimum Gasteiger partial charge on any atom is -0.417 e. The minimum absolute atomic E-state index is 0.0749. The van der Waals surface area contributed by atoms with Crippen molar-refractivity contribution in [2.75, 3.05) is 6.61 Å². The summed E-state index contributed by atoms with van der Waals surface area (Å²) in [7, 11) is 0. The number of benzene rings is 1. The fourth-order valence-corrected chi connectivity index (χ4v) is 5.45. The van der Waals surface area contributed by atoms with Crippen LogP contribution in [-0.2, 0) is 9.09 Å². The van der Waals surface area contributed by atoms with Gasteiger partial charge in [0.05, 0.1) is 11.6 Å². The predicted octanol–water partition coefficient (Wildman–Crippen LogP) is 5.53. The van der Waals surface area contributed by atoms with Gasteiger partial charge in [-0.05, 0) is 36.9 Å². The van der Waals surface area contributed by atoms with Crippen LogP contribution >= 0.6 is 29.8 Å². The van der Waals surface area contributed by atoms with E-state index in [2.05, 4.69) is 0 Å². The molecule has 0 saturated carbocycles. The van der Waals surface area contributed by atoms with Crippen molar-refractivity contribution in [2.24, 2.45) is 0 Å². The molecule has 0 N–H and O–H groups in total. The molecule has 1 aromatic rings. The Morgan fingerprint density at radius 1 is 1.47 bits per heavy atom. The van der Waals surface area contributed by atoms with E-state index in [0.717, 1.165) is 17.8 Å². The third-order valence-electron chi connectivity index (χ3n) is 2.28. The minimum atomic E-state index is -3.31. The maximum atomic E-state index is 13.1. The summed E-state index contributed by atoms with van der Waals surface area (Å²) in [5.41, 5.74) is 0. The van der Waals surface area contributed by atoms with Crippen molar-refractivity contribution in [2.45, 2.75) is 32.4 Å². The maximum Gasteiger partial charge on any atom is 0.440 e. The molecule has 3 nitrogen and oxygen atoms in total. The number of hydrogen-bond acceptors (Lipinski definition) is 4. The summed E-state index contributed by atoms with van der Waals surface area (Å²) in [6, 6.07) is 3.84. The van der Waals surface area contributed by atoms with Crippen molar-refractivity contribution in [3.8, 4) is 5.75 Å². The first-order valence-electron chi connectivity index (χ1n) is 5.97. The maximum absolute atomic E-state index is 13.1. The topological polar surface area (TPSA) is 35.5 Å². The van der Waals surface area contributed by atoms with Crippen molar-refractivity contribution >= 4 is 29.8 Å². The Morgan fingerprint density at radius 3 is 2.68 bits per heavy atom. The Bertz CT molecular complexity index is 472. The van der Waals surface area contributed by atoms with Gasteiger partial charge in [-0.15, -0.1) is 0 Å². The lowest BCUT2D eigenvalue weighted by Crippen LogP contribution is -2.00. The van der Waals surface area contributed by atoms with Gasteiger partial charge in [0.2, 0.25) is 0 Å². The Balaban J connectivity index is 2.88. The molecule has 1 rings (SSSR count). The van der Waals surface area contributed by atoms with Crippen LogP contribution in [0.15, 0.2) is 18.2 Å². The SMILES string of the molecule is CCOP(=O)(Oc1ccc(F)c(Cl)c1)SC(C)CC. The first-order chi connectivity index (χ1) is 8.90. The van der Waals surface area contributed by atoms with Gasteiger partial charge < -0.3 is 4.52 Å². The van der Waals surface area contributed by atoms with Crippen molar-refractivity contribution in [1.29, 1.82) is 0 Å². The van der Waals surface area contributed by atoms with Gasteiger partial charge in [-0.2, -0.15) is 0 Å². The summed E-state index contributed by atoms with van der Waals surface area (Å²) in [4.78, 5) is 0. The monoisotopic (exact) mass is 326 g/mol. The van der Waals surface area contributed by atoms with Gasteiger partial charge in [-0.1, -0.05) is 25.4 Å². The van der Waals surface area contributed by atoms with Gasteiger partial charge in [0.1, 0.15) is 11.6 Å². The molecule has 0 aliphatic heterocycles. The zero-order chi connectivity index (χ0) is 14.5. The summed E-state index contributed by atoms with van der Waals surface area (Å²) in [5, 5.41) is 0.0578. The zero-order valence-electron chi connectivity index (χ0n) is 11.1. The van der Waals surface area contributed by atoms with Gasteiger partial charge in [-0.25, -0.2) is 8.96 Å². The molecule has 7 heteroatoms. The summed E-state index contributed by atoms with van der Waals surface area (Å²) < 4.78 is 36.2. The van der Waals surface area contributed by atoms with E-state index in [1.807, 2.05) is 13.8 Å². The van der Waals surface area contributed by atoms with E-state index in [9.17, 15) is 8.96 Å². The van der Waals surface area contributed by atoms with E-state index in [0.29, 0.717) is 0 Å². The molecule has 0 amide bonds. The molecule has 0 bridgehead atoms. The van der Waals surface area contributed by atoms with Gasteiger partial charge >= 0.3 is 6.80 Å². The van der Waals surface area contributed by atoms with Crippen LogP contribution in [0.25, 0.3) is 0 Å². The first kappa shape index (κ1) is 16.8. The highest BCUT2D eigenvalue weighted by Gasteiger charge is 2.29. The second-order valence-electron chi connectivity index (χ2n) is 3.86. The molecule has 0 aromatic heterocycles. The van der Waals surface area contributed by atoms with Crippen LogP contribution in [0.1, 0.15) is 27.2 Å². The lowest BCUT2D eigenvalue weighted by atomic mass is 10.3. The summed E-state index contributed by atoms with van der Waals surface area (Å²) >= 11 is 6.81. The molecule has 2 atom stereocenters. The Labute approximate surface area is 122 Å². The van der Waals surface area contributed by atoms with Gasteiger partial charge in [-0.3, -0.25) is 4.52 Å². The largest absolute Gasteiger partial charge is 0.440 e. The molecule has 0 aliphatic rings. The average Bonchev–Trinajstić information content (AvgIpc) is 2.33. The van der Waals surface area contributed by atoms with Crippen molar-refractivity contribution < 1.29 is 18.0 Å². The van der Waals surface area contributed by atoms with E-state index in [-0.39, 0.29) is 22.6 Å². The number of halogens is 2. The molecule has 19 heavy (non-hydrogen) atoms. The molecule has 0 aliphatic carbocycles. The van der Waals surface area contributed by atoms with Crippen LogP contribution in [-0.4, -0.2) is 11.9 Å². The Hall–Kier alpha value is -0.220. The molecule has 0 spiro atoms. The van der Waals surface area contributed by atoms with Crippen molar-refractivity contribution in [1.82, 2.24) is 0 Å². The highest BCUT2D eigenvalue weighted by atomic mass is 35.5. The number of rotatable bonds is 7. The first-order valence-corrected chi connectivity index (χ1v) is 9.38. The van der Waals surface area contributed by atoms with Gasteiger partial charge in [0.25, 0.3) is 0 Å². The van der Waals surface area contributed by atoms with Crippen LogP contribution in [0.2, 0.25) is 5.02 Å². The van der Waals surface area contributed by atoms with E-state index < -0.39 is 12.6 Å². The fraction of sp³-hybridized carbons (Fsp3) is 0.500. The second-order valence-corrected chi connectivity index (χ2v) is 8.59. The molecule has 1 aromatic carbocycles. The summed E-state index contributed by atoms with van der Waals surface area (Å²) in [6.45, 7) is 2.63. The van der Waals surface area contributed by atoms with Crippen molar-refractivity contribution in [3.63, 3.8) is 0 Å². The molecular weight excluding hydrogens is 310 g/mol. The van der Waals surface area contributed by atoms with Gasteiger partial charge in [0, 0.05) is 11.3 Å². The van der Waals surface area contributed by atoms with E-state index in [1.165, 1.54) is 18.2 Å².